The normalized spacial score (nSPS) is 13.8. The van der Waals surface area contributed by atoms with Crippen molar-refractivity contribution in [2.45, 2.75) is 19.1 Å². The van der Waals surface area contributed by atoms with Crippen molar-refractivity contribution in [2.24, 2.45) is 5.73 Å². The van der Waals surface area contributed by atoms with Crippen molar-refractivity contribution >= 4 is 11.0 Å². The maximum Gasteiger partial charge on any atom is 0.416 e. The molecule has 5 nitrogen and oxygen atoms in total. The lowest BCUT2D eigenvalue weighted by Gasteiger charge is -2.04. The molecule has 3 N–H and O–H groups in total. The number of aromatic amines is 1. The Morgan fingerprint density at radius 2 is 2.05 bits per heavy atom. The zero-order valence-electron chi connectivity index (χ0n) is 10.9. The van der Waals surface area contributed by atoms with Gasteiger partial charge < -0.3 is 15.2 Å². The van der Waals surface area contributed by atoms with Crippen LogP contribution >= 0.6 is 0 Å². The fraction of sp³-hybridized carbons (Fsp3) is 0.231. The van der Waals surface area contributed by atoms with E-state index in [9.17, 15) is 13.2 Å². The van der Waals surface area contributed by atoms with Gasteiger partial charge in [-0.2, -0.15) is 13.2 Å². The number of nitrogens with zero attached hydrogens (tertiary/aromatic N) is 2. The molecule has 21 heavy (non-hydrogen) atoms. The van der Waals surface area contributed by atoms with E-state index in [2.05, 4.69) is 15.1 Å². The minimum atomic E-state index is -4.40. The second kappa shape index (κ2) is 4.59. The average molecular weight is 296 g/mol. The molecule has 0 bridgehead atoms. The van der Waals surface area contributed by atoms with Crippen molar-refractivity contribution in [3.63, 3.8) is 0 Å². The van der Waals surface area contributed by atoms with Gasteiger partial charge in [-0.05, 0) is 25.1 Å². The van der Waals surface area contributed by atoms with Gasteiger partial charge in [-0.1, -0.05) is 5.16 Å². The highest BCUT2D eigenvalue weighted by Crippen LogP contribution is 2.31. The summed E-state index contributed by atoms with van der Waals surface area (Å²) in [6.07, 6.45) is -4.40. The highest BCUT2D eigenvalue weighted by Gasteiger charge is 2.30. The number of nitrogens with one attached hydrogen (secondary N) is 1. The van der Waals surface area contributed by atoms with Gasteiger partial charge >= 0.3 is 6.18 Å². The minimum absolute atomic E-state index is 0.207. The van der Waals surface area contributed by atoms with Crippen molar-refractivity contribution in [3.05, 3.63) is 35.5 Å². The van der Waals surface area contributed by atoms with Crippen LogP contribution in [0, 0.1) is 0 Å². The molecular weight excluding hydrogens is 285 g/mol. The first kappa shape index (κ1) is 13.6. The standard InChI is InChI=1S/C13H11F3N4O/c1-6(17)9-5-11(21-20-9)12-18-8-3-2-7(13(14,15)16)4-10(8)19-12/h2-6H,17H2,1H3,(H,18,19)/t6-/m1/s1. The lowest BCUT2D eigenvalue weighted by atomic mass is 10.2. The van der Waals surface area contributed by atoms with Crippen molar-refractivity contribution in [1.29, 1.82) is 0 Å². The Labute approximate surface area is 116 Å². The zero-order chi connectivity index (χ0) is 15.2. The third-order valence-corrected chi connectivity index (χ3v) is 3.04. The summed E-state index contributed by atoms with van der Waals surface area (Å²) >= 11 is 0. The van der Waals surface area contributed by atoms with Gasteiger partial charge in [-0.25, -0.2) is 4.98 Å². The second-order valence-corrected chi connectivity index (χ2v) is 4.72. The molecule has 0 aliphatic carbocycles. The number of fused-ring (bicyclic) bond motifs is 1. The average Bonchev–Trinajstić information content (AvgIpc) is 3.03. The van der Waals surface area contributed by atoms with Gasteiger partial charge in [0.2, 0.25) is 5.76 Å². The van der Waals surface area contributed by atoms with Gasteiger partial charge in [0.15, 0.2) is 5.82 Å². The lowest BCUT2D eigenvalue weighted by molar-refractivity contribution is -0.137. The molecule has 1 atom stereocenters. The smallest absolute Gasteiger partial charge is 0.353 e. The number of hydrogen-bond donors (Lipinski definition) is 2. The van der Waals surface area contributed by atoms with Gasteiger partial charge in [0.1, 0.15) is 5.69 Å². The van der Waals surface area contributed by atoms with Gasteiger partial charge in [-0.15, -0.1) is 0 Å². The van der Waals surface area contributed by atoms with Crippen LogP contribution in [-0.4, -0.2) is 15.1 Å². The molecule has 3 rings (SSSR count). The van der Waals surface area contributed by atoms with E-state index >= 15 is 0 Å². The van der Waals surface area contributed by atoms with Crippen LogP contribution in [0.25, 0.3) is 22.6 Å². The van der Waals surface area contributed by atoms with E-state index in [-0.39, 0.29) is 11.6 Å². The van der Waals surface area contributed by atoms with Crippen molar-refractivity contribution in [1.82, 2.24) is 15.1 Å². The second-order valence-electron chi connectivity index (χ2n) is 4.72. The Morgan fingerprint density at radius 3 is 2.67 bits per heavy atom. The molecule has 0 saturated heterocycles. The van der Waals surface area contributed by atoms with E-state index in [0.717, 1.165) is 12.1 Å². The highest BCUT2D eigenvalue weighted by molar-refractivity contribution is 5.79. The molecule has 8 heteroatoms. The molecule has 0 aliphatic heterocycles. The third-order valence-electron chi connectivity index (χ3n) is 3.04. The number of H-pyrrole nitrogens is 1. The molecule has 110 valence electrons. The van der Waals surface area contributed by atoms with Crippen LogP contribution in [0.4, 0.5) is 13.2 Å². The Hall–Kier alpha value is -2.35. The topological polar surface area (TPSA) is 80.7 Å². The molecule has 2 heterocycles. The van der Waals surface area contributed by atoms with Crippen LogP contribution in [-0.2, 0) is 6.18 Å². The number of halogens is 3. The monoisotopic (exact) mass is 296 g/mol. The van der Waals surface area contributed by atoms with Gasteiger partial charge in [0.25, 0.3) is 0 Å². The molecule has 1 aromatic carbocycles. The van der Waals surface area contributed by atoms with E-state index in [1.165, 1.54) is 6.07 Å². The fourth-order valence-electron chi connectivity index (χ4n) is 1.91. The maximum atomic E-state index is 12.7. The molecule has 0 aliphatic rings. The quantitative estimate of drug-likeness (QED) is 0.760. The number of hydrogen-bond acceptors (Lipinski definition) is 4. The van der Waals surface area contributed by atoms with Crippen LogP contribution in [0.5, 0.6) is 0 Å². The first-order valence-electron chi connectivity index (χ1n) is 6.14. The largest absolute Gasteiger partial charge is 0.416 e. The van der Waals surface area contributed by atoms with Gasteiger partial charge in [0.05, 0.1) is 16.6 Å². The Bertz CT molecular complexity index is 788. The third kappa shape index (κ3) is 2.49. The van der Waals surface area contributed by atoms with E-state index in [1.54, 1.807) is 13.0 Å². The van der Waals surface area contributed by atoms with Crippen LogP contribution in [0.1, 0.15) is 24.2 Å². The van der Waals surface area contributed by atoms with Crippen molar-refractivity contribution in [2.75, 3.05) is 0 Å². The van der Waals surface area contributed by atoms with Crippen molar-refractivity contribution < 1.29 is 17.7 Å². The zero-order valence-corrected chi connectivity index (χ0v) is 10.9. The summed E-state index contributed by atoms with van der Waals surface area (Å²) in [5, 5.41) is 3.78. The fourth-order valence-corrected chi connectivity index (χ4v) is 1.91. The number of rotatable bonds is 2. The predicted octanol–water partition coefficient (Wildman–Crippen LogP) is 3.26. The number of imidazole rings is 1. The molecule has 0 saturated carbocycles. The van der Waals surface area contributed by atoms with Gasteiger partial charge in [-0.3, -0.25) is 0 Å². The van der Waals surface area contributed by atoms with Crippen LogP contribution in [0.3, 0.4) is 0 Å². The minimum Gasteiger partial charge on any atom is -0.353 e. The number of benzene rings is 1. The number of aromatic nitrogens is 3. The highest BCUT2D eigenvalue weighted by atomic mass is 19.4. The van der Waals surface area contributed by atoms with E-state index in [4.69, 9.17) is 10.3 Å². The SMILES string of the molecule is C[C@@H](N)c1cc(-c2nc3cc(C(F)(F)F)ccc3[nH]2)on1. The first-order valence-corrected chi connectivity index (χ1v) is 6.14. The predicted molar refractivity (Wildman–Crippen MR) is 69.2 cm³/mol. The van der Waals surface area contributed by atoms with Gasteiger partial charge in [0, 0.05) is 12.1 Å². The summed E-state index contributed by atoms with van der Waals surface area (Å²) in [5.41, 5.74) is 6.15. The summed E-state index contributed by atoms with van der Waals surface area (Å²) in [6, 6.07) is 4.62. The molecule has 0 radical (unpaired) electrons. The lowest BCUT2D eigenvalue weighted by Crippen LogP contribution is -2.04. The molecule has 0 fully saturated rings. The van der Waals surface area contributed by atoms with E-state index < -0.39 is 11.7 Å². The van der Waals surface area contributed by atoms with E-state index in [1.807, 2.05) is 0 Å². The summed E-state index contributed by atoms with van der Waals surface area (Å²) in [7, 11) is 0. The molecule has 2 aromatic heterocycles. The molecular formula is C13H11F3N4O. The number of nitrogens with two attached hydrogens (primary N) is 1. The number of alkyl halides is 3. The Kier molecular flexibility index (Phi) is 2.98. The molecule has 0 spiro atoms. The first-order chi connectivity index (χ1) is 9.84. The van der Waals surface area contributed by atoms with Crippen LogP contribution in [0.15, 0.2) is 28.8 Å². The Balaban J connectivity index is 2.04. The molecule has 0 amide bonds. The maximum absolute atomic E-state index is 12.7. The summed E-state index contributed by atoms with van der Waals surface area (Å²) < 4.78 is 43.1. The molecule has 0 unspecified atom stereocenters. The van der Waals surface area contributed by atoms with E-state index in [0.29, 0.717) is 22.8 Å². The van der Waals surface area contributed by atoms with Crippen molar-refractivity contribution in [3.8, 4) is 11.6 Å². The molecule has 3 aromatic rings. The summed E-state index contributed by atoms with van der Waals surface area (Å²) in [4.78, 5) is 6.99. The Morgan fingerprint density at radius 1 is 1.29 bits per heavy atom. The van der Waals surface area contributed by atoms with Crippen LogP contribution < -0.4 is 5.73 Å². The summed E-state index contributed by atoms with van der Waals surface area (Å²) in [5.74, 6) is 0.635. The summed E-state index contributed by atoms with van der Waals surface area (Å²) in [6.45, 7) is 1.75. The van der Waals surface area contributed by atoms with Crippen LogP contribution in [0.2, 0.25) is 0 Å².